The van der Waals surface area contributed by atoms with Gasteiger partial charge < -0.3 is 14.6 Å². The maximum Gasteiger partial charge on any atom is 0.416 e. The highest BCUT2D eigenvalue weighted by molar-refractivity contribution is 6.06. The molecule has 0 spiro atoms. The molecule has 1 amide bonds. The van der Waals surface area contributed by atoms with E-state index < -0.39 is 17.6 Å². The summed E-state index contributed by atoms with van der Waals surface area (Å²) in [7, 11) is 0. The first-order chi connectivity index (χ1) is 12.9. The Morgan fingerprint density at radius 1 is 1.04 bits per heavy atom. The van der Waals surface area contributed by atoms with Crippen molar-refractivity contribution in [1.82, 2.24) is 0 Å². The van der Waals surface area contributed by atoms with E-state index in [0.29, 0.717) is 11.3 Å². The second-order valence-electron chi connectivity index (χ2n) is 6.53. The van der Waals surface area contributed by atoms with E-state index in [1.165, 1.54) is 6.07 Å². The van der Waals surface area contributed by atoms with Gasteiger partial charge in [0.2, 0.25) is 0 Å². The van der Waals surface area contributed by atoms with Crippen LogP contribution in [0.3, 0.4) is 0 Å². The highest BCUT2D eigenvalue weighted by Crippen LogP contribution is 2.36. The molecule has 4 rings (SSSR count). The number of fused-ring (bicyclic) bond motifs is 1. The predicted molar refractivity (Wildman–Crippen MR) is 97.1 cm³/mol. The Morgan fingerprint density at radius 2 is 1.78 bits per heavy atom. The number of carbonyl (C=O) groups excluding carboxylic acids is 1. The molecule has 1 saturated heterocycles. The van der Waals surface area contributed by atoms with Crippen LogP contribution in [0.4, 0.5) is 24.5 Å². The molecule has 0 aliphatic carbocycles. The standard InChI is InChI=1S/C20H17F3N2O2/c21-20(22,23)14-7-8-16(25-9-3-4-10-25)15(12-14)24-19(26)18-11-13-5-1-2-6-17(13)27-18/h1-2,5-8,11-12H,3-4,9-10H2,(H,24,26). The number of halogens is 3. The fourth-order valence-corrected chi connectivity index (χ4v) is 3.32. The average Bonchev–Trinajstić information content (AvgIpc) is 3.30. The van der Waals surface area contributed by atoms with E-state index in [9.17, 15) is 18.0 Å². The topological polar surface area (TPSA) is 45.5 Å². The second kappa shape index (κ2) is 6.64. The van der Waals surface area contributed by atoms with Gasteiger partial charge in [0, 0.05) is 18.5 Å². The Hall–Kier alpha value is -2.96. The van der Waals surface area contributed by atoms with E-state index in [1.807, 2.05) is 11.0 Å². The fraction of sp³-hybridized carbons (Fsp3) is 0.250. The van der Waals surface area contributed by atoms with Crippen molar-refractivity contribution in [1.29, 1.82) is 0 Å². The van der Waals surface area contributed by atoms with E-state index in [4.69, 9.17) is 4.42 Å². The van der Waals surface area contributed by atoms with Gasteiger partial charge in [-0.15, -0.1) is 0 Å². The zero-order valence-electron chi connectivity index (χ0n) is 14.3. The third-order valence-electron chi connectivity index (χ3n) is 4.67. The number of hydrogen-bond acceptors (Lipinski definition) is 3. The number of alkyl halides is 3. The lowest BCUT2D eigenvalue weighted by Gasteiger charge is -2.22. The second-order valence-corrected chi connectivity index (χ2v) is 6.53. The molecule has 1 aliphatic rings. The van der Waals surface area contributed by atoms with Gasteiger partial charge in [0.15, 0.2) is 5.76 Å². The molecule has 3 aromatic rings. The van der Waals surface area contributed by atoms with Crippen LogP contribution in [0.25, 0.3) is 11.0 Å². The molecule has 0 unspecified atom stereocenters. The van der Waals surface area contributed by atoms with Gasteiger partial charge in [-0.25, -0.2) is 0 Å². The van der Waals surface area contributed by atoms with E-state index in [-0.39, 0.29) is 11.4 Å². The average molecular weight is 374 g/mol. The lowest BCUT2D eigenvalue weighted by Crippen LogP contribution is -2.21. The minimum absolute atomic E-state index is 0.0565. The number of rotatable bonds is 3. The first kappa shape index (κ1) is 17.5. The number of amides is 1. The number of hydrogen-bond donors (Lipinski definition) is 1. The quantitative estimate of drug-likeness (QED) is 0.676. The molecule has 7 heteroatoms. The van der Waals surface area contributed by atoms with Gasteiger partial charge in [-0.05, 0) is 43.2 Å². The van der Waals surface area contributed by atoms with Crippen LogP contribution in [0.15, 0.2) is 52.9 Å². The number of anilines is 2. The highest BCUT2D eigenvalue weighted by Gasteiger charge is 2.32. The third-order valence-corrected chi connectivity index (χ3v) is 4.67. The molecule has 27 heavy (non-hydrogen) atoms. The van der Waals surface area contributed by atoms with E-state index >= 15 is 0 Å². The summed E-state index contributed by atoms with van der Waals surface area (Å²) in [6.07, 6.45) is -2.54. The van der Waals surface area contributed by atoms with Crippen LogP contribution >= 0.6 is 0 Å². The molecule has 0 saturated carbocycles. The smallest absolute Gasteiger partial charge is 0.416 e. The molecule has 4 nitrogen and oxygen atoms in total. The lowest BCUT2D eigenvalue weighted by molar-refractivity contribution is -0.137. The van der Waals surface area contributed by atoms with Crippen LogP contribution in [0.1, 0.15) is 29.0 Å². The Kier molecular flexibility index (Phi) is 4.30. The summed E-state index contributed by atoms with van der Waals surface area (Å²) in [5, 5.41) is 3.36. The number of benzene rings is 2. The number of para-hydroxylation sites is 1. The van der Waals surface area contributed by atoms with Crippen molar-refractivity contribution in [2.75, 3.05) is 23.3 Å². The van der Waals surface area contributed by atoms with Crippen LogP contribution < -0.4 is 10.2 Å². The first-order valence-corrected chi connectivity index (χ1v) is 8.68. The molecule has 1 N–H and O–H groups in total. The van der Waals surface area contributed by atoms with Crippen molar-refractivity contribution in [3.63, 3.8) is 0 Å². The summed E-state index contributed by atoms with van der Waals surface area (Å²) in [4.78, 5) is 14.6. The van der Waals surface area contributed by atoms with Gasteiger partial charge >= 0.3 is 6.18 Å². The van der Waals surface area contributed by atoms with Crippen molar-refractivity contribution >= 4 is 28.3 Å². The van der Waals surface area contributed by atoms with Crippen LogP contribution in [0, 0.1) is 0 Å². The monoisotopic (exact) mass is 374 g/mol. The molecule has 0 atom stereocenters. The van der Waals surface area contributed by atoms with Gasteiger partial charge in [0.05, 0.1) is 16.9 Å². The van der Waals surface area contributed by atoms with Crippen molar-refractivity contribution in [2.45, 2.75) is 19.0 Å². The molecule has 0 bridgehead atoms. The van der Waals surface area contributed by atoms with Crippen molar-refractivity contribution in [3.8, 4) is 0 Å². The summed E-state index contributed by atoms with van der Waals surface area (Å²) >= 11 is 0. The lowest BCUT2D eigenvalue weighted by atomic mass is 10.1. The summed E-state index contributed by atoms with van der Waals surface area (Å²) < 4.78 is 44.9. The predicted octanol–water partition coefficient (Wildman–Crippen LogP) is 5.30. The van der Waals surface area contributed by atoms with Crippen LogP contribution in [-0.2, 0) is 6.18 Å². The summed E-state index contributed by atoms with van der Waals surface area (Å²) in [6.45, 7) is 1.50. The summed E-state index contributed by atoms with van der Waals surface area (Å²) in [6, 6.07) is 12.2. The number of carbonyl (C=O) groups is 1. The number of furan rings is 1. The van der Waals surface area contributed by atoms with Crippen LogP contribution in [-0.4, -0.2) is 19.0 Å². The van der Waals surface area contributed by atoms with Crippen molar-refractivity contribution in [3.05, 3.63) is 59.9 Å². The van der Waals surface area contributed by atoms with Gasteiger partial charge in [0.1, 0.15) is 5.58 Å². The Labute approximate surface area is 153 Å². The SMILES string of the molecule is O=C(Nc1cc(C(F)(F)F)ccc1N1CCCC1)c1cc2ccccc2o1. The van der Waals surface area contributed by atoms with Crippen LogP contribution in [0.5, 0.6) is 0 Å². The first-order valence-electron chi connectivity index (χ1n) is 8.68. The third kappa shape index (κ3) is 3.49. The fourth-order valence-electron chi connectivity index (χ4n) is 3.32. The summed E-state index contributed by atoms with van der Waals surface area (Å²) in [5.74, 6) is -0.521. The normalized spacial score (nSPS) is 14.7. The van der Waals surface area contributed by atoms with Gasteiger partial charge in [-0.1, -0.05) is 18.2 Å². The maximum atomic E-state index is 13.1. The Bertz CT molecular complexity index is 955. The van der Waals surface area contributed by atoms with Gasteiger partial charge in [-0.2, -0.15) is 13.2 Å². The molecular weight excluding hydrogens is 357 g/mol. The van der Waals surface area contributed by atoms with Gasteiger partial charge in [-0.3, -0.25) is 4.79 Å². The highest BCUT2D eigenvalue weighted by atomic mass is 19.4. The Balaban J connectivity index is 1.68. The molecule has 1 fully saturated rings. The zero-order chi connectivity index (χ0) is 19.0. The van der Waals surface area contributed by atoms with E-state index in [1.54, 1.807) is 24.3 Å². The molecule has 2 aromatic carbocycles. The largest absolute Gasteiger partial charge is 0.451 e. The molecule has 0 radical (unpaired) electrons. The molecule has 140 valence electrons. The van der Waals surface area contributed by atoms with E-state index in [2.05, 4.69) is 5.32 Å². The Morgan fingerprint density at radius 3 is 2.48 bits per heavy atom. The molecule has 1 aliphatic heterocycles. The van der Waals surface area contributed by atoms with E-state index in [0.717, 1.165) is 43.5 Å². The van der Waals surface area contributed by atoms with Gasteiger partial charge in [0.25, 0.3) is 5.91 Å². The van der Waals surface area contributed by atoms with Crippen LogP contribution in [0.2, 0.25) is 0 Å². The van der Waals surface area contributed by atoms with Crippen molar-refractivity contribution in [2.24, 2.45) is 0 Å². The minimum Gasteiger partial charge on any atom is -0.451 e. The molecular formula is C20H17F3N2O2. The molecule has 2 heterocycles. The summed E-state index contributed by atoms with van der Waals surface area (Å²) in [5.41, 5.74) is 0.471. The minimum atomic E-state index is -4.48. The number of nitrogens with zero attached hydrogens (tertiary/aromatic N) is 1. The number of nitrogens with one attached hydrogen (secondary N) is 1. The molecule has 1 aromatic heterocycles. The zero-order valence-corrected chi connectivity index (χ0v) is 14.3. The maximum absolute atomic E-state index is 13.1. The van der Waals surface area contributed by atoms with Crippen molar-refractivity contribution < 1.29 is 22.4 Å².